The summed E-state index contributed by atoms with van der Waals surface area (Å²) in [6.45, 7) is 2.79. The van der Waals surface area contributed by atoms with Crippen molar-refractivity contribution in [2.75, 3.05) is 19.8 Å². The van der Waals surface area contributed by atoms with E-state index in [1.165, 1.54) is 18.4 Å². The first kappa shape index (κ1) is 11.7. The van der Waals surface area contributed by atoms with E-state index >= 15 is 0 Å². The molecule has 2 heterocycles. The van der Waals surface area contributed by atoms with Crippen LogP contribution < -0.4 is 5.43 Å². The Balaban J connectivity index is 1.85. The second-order valence-electron chi connectivity index (χ2n) is 5.19. The Kier molecular flexibility index (Phi) is 3.60. The van der Waals surface area contributed by atoms with E-state index in [-0.39, 0.29) is 0 Å². The lowest BCUT2D eigenvalue weighted by molar-refractivity contribution is 0.0543. The van der Waals surface area contributed by atoms with Crippen LogP contribution in [-0.4, -0.2) is 26.0 Å². The van der Waals surface area contributed by atoms with E-state index in [0.717, 1.165) is 25.7 Å². The van der Waals surface area contributed by atoms with Crippen LogP contribution in [0.2, 0.25) is 0 Å². The zero-order valence-electron chi connectivity index (χ0n) is 10.6. The number of nitrogens with one attached hydrogen (secondary N) is 1. The highest BCUT2D eigenvalue weighted by Crippen LogP contribution is 2.37. The third-order valence-corrected chi connectivity index (χ3v) is 4.10. The highest BCUT2D eigenvalue weighted by molar-refractivity contribution is 5.64. The van der Waals surface area contributed by atoms with Gasteiger partial charge in [0.05, 0.1) is 0 Å². The molecule has 1 aromatic carbocycles. The first-order chi connectivity index (χ1) is 8.95. The zero-order chi connectivity index (χ0) is 12.2. The van der Waals surface area contributed by atoms with Crippen molar-refractivity contribution >= 4 is 6.21 Å². The quantitative estimate of drug-likeness (QED) is 0.885. The number of ether oxygens (including phenoxy) is 1. The molecule has 2 unspecified atom stereocenters. The number of hydrogen-bond donors (Lipinski definition) is 1. The minimum Gasteiger partial charge on any atom is -0.381 e. The van der Waals surface area contributed by atoms with Crippen molar-refractivity contribution in [1.82, 2.24) is 5.43 Å². The summed E-state index contributed by atoms with van der Waals surface area (Å²) in [5.74, 6) is 1.82. The summed E-state index contributed by atoms with van der Waals surface area (Å²) in [5, 5.41) is 4.20. The molecule has 1 aromatic rings. The van der Waals surface area contributed by atoms with E-state index in [9.17, 15) is 0 Å². The lowest BCUT2D eigenvalue weighted by Gasteiger charge is -2.33. The molecule has 2 aliphatic heterocycles. The van der Waals surface area contributed by atoms with Crippen LogP contribution in [0.3, 0.4) is 0 Å². The smallest absolute Gasteiger partial charge is 0.0468 e. The number of hydrogen-bond acceptors (Lipinski definition) is 3. The summed E-state index contributed by atoms with van der Waals surface area (Å²) in [7, 11) is 0. The summed E-state index contributed by atoms with van der Waals surface area (Å²) < 4.78 is 5.50. The van der Waals surface area contributed by atoms with Gasteiger partial charge in [-0.15, -0.1) is 0 Å². The van der Waals surface area contributed by atoms with Gasteiger partial charge in [0.1, 0.15) is 0 Å². The van der Waals surface area contributed by atoms with Crippen LogP contribution in [0.15, 0.2) is 35.4 Å². The maximum atomic E-state index is 5.50. The van der Waals surface area contributed by atoms with E-state index in [0.29, 0.717) is 11.8 Å². The second-order valence-corrected chi connectivity index (χ2v) is 5.19. The van der Waals surface area contributed by atoms with Crippen LogP contribution >= 0.6 is 0 Å². The van der Waals surface area contributed by atoms with Crippen LogP contribution in [-0.2, 0) is 4.74 Å². The van der Waals surface area contributed by atoms with Gasteiger partial charge in [0.15, 0.2) is 0 Å². The molecule has 0 radical (unpaired) electrons. The molecule has 3 heteroatoms. The average Bonchev–Trinajstić information content (AvgIpc) is 2.95. The van der Waals surface area contributed by atoms with Gasteiger partial charge >= 0.3 is 0 Å². The van der Waals surface area contributed by atoms with E-state index < -0.39 is 0 Å². The van der Waals surface area contributed by atoms with Crippen LogP contribution in [0.25, 0.3) is 0 Å². The molecule has 1 saturated heterocycles. The topological polar surface area (TPSA) is 33.6 Å². The van der Waals surface area contributed by atoms with E-state index in [2.05, 4.69) is 47.1 Å². The maximum absolute atomic E-state index is 5.50. The molecule has 1 N–H and O–H groups in total. The van der Waals surface area contributed by atoms with Gasteiger partial charge < -0.3 is 10.2 Å². The van der Waals surface area contributed by atoms with Gasteiger partial charge in [0, 0.05) is 31.9 Å². The van der Waals surface area contributed by atoms with Crippen LogP contribution in [0.4, 0.5) is 0 Å². The third kappa shape index (κ3) is 2.41. The van der Waals surface area contributed by atoms with Gasteiger partial charge in [-0.25, -0.2) is 0 Å². The molecule has 96 valence electrons. The number of benzene rings is 1. The van der Waals surface area contributed by atoms with Crippen LogP contribution in [0, 0.1) is 11.8 Å². The van der Waals surface area contributed by atoms with Gasteiger partial charge in [0.25, 0.3) is 0 Å². The molecular formula is C15H20N2O. The van der Waals surface area contributed by atoms with Crippen LogP contribution in [0.1, 0.15) is 24.3 Å². The summed E-state index contributed by atoms with van der Waals surface area (Å²) in [5.41, 5.74) is 4.55. The number of nitrogens with zero attached hydrogens (tertiary/aromatic N) is 1. The van der Waals surface area contributed by atoms with E-state index in [1.807, 2.05) is 0 Å². The number of rotatable bonds is 3. The minimum absolute atomic E-state index is 0.524. The molecule has 3 nitrogen and oxygen atoms in total. The van der Waals surface area contributed by atoms with Crippen molar-refractivity contribution in [2.45, 2.75) is 18.8 Å². The Morgan fingerprint density at radius 2 is 1.94 bits per heavy atom. The summed E-state index contributed by atoms with van der Waals surface area (Å²) in [6, 6.07) is 10.9. The predicted molar refractivity (Wildman–Crippen MR) is 72.7 cm³/mol. The SMILES string of the molecule is C1=NNCC1C(c1ccccc1)C1CCOCC1. The van der Waals surface area contributed by atoms with Crippen LogP contribution in [0.5, 0.6) is 0 Å². The lowest BCUT2D eigenvalue weighted by atomic mass is 9.74. The minimum atomic E-state index is 0.524. The molecule has 0 aromatic heterocycles. The Morgan fingerprint density at radius 1 is 1.17 bits per heavy atom. The monoisotopic (exact) mass is 244 g/mol. The molecule has 3 rings (SSSR count). The summed E-state index contributed by atoms with van der Waals surface area (Å²) in [6.07, 6.45) is 4.43. The Labute approximate surface area is 108 Å². The zero-order valence-corrected chi connectivity index (χ0v) is 10.6. The lowest BCUT2D eigenvalue weighted by Crippen LogP contribution is -2.29. The molecule has 0 spiro atoms. The second kappa shape index (κ2) is 5.53. The molecule has 2 atom stereocenters. The fraction of sp³-hybridized carbons (Fsp3) is 0.533. The average molecular weight is 244 g/mol. The van der Waals surface area contributed by atoms with Gasteiger partial charge in [-0.3, -0.25) is 0 Å². The van der Waals surface area contributed by atoms with Crippen molar-refractivity contribution < 1.29 is 4.74 Å². The molecule has 0 saturated carbocycles. The molecule has 2 aliphatic rings. The molecule has 0 amide bonds. The van der Waals surface area contributed by atoms with Gasteiger partial charge in [-0.05, 0) is 30.2 Å². The number of hydrazone groups is 1. The Morgan fingerprint density at radius 3 is 2.61 bits per heavy atom. The standard InChI is InChI=1S/C15H20N2O/c1-2-4-12(5-3-1)15(14-10-16-17-11-14)13-6-8-18-9-7-13/h1-5,10,13-15,17H,6-9,11H2. The van der Waals surface area contributed by atoms with Gasteiger partial charge in [-0.1, -0.05) is 30.3 Å². The third-order valence-electron chi connectivity index (χ3n) is 4.10. The van der Waals surface area contributed by atoms with Crippen molar-refractivity contribution in [1.29, 1.82) is 0 Å². The summed E-state index contributed by atoms with van der Waals surface area (Å²) in [4.78, 5) is 0. The Bertz CT molecular complexity index is 398. The largest absolute Gasteiger partial charge is 0.381 e. The molecular weight excluding hydrogens is 224 g/mol. The van der Waals surface area contributed by atoms with Gasteiger partial charge in [0.2, 0.25) is 0 Å². The fourth-order valence-corrected chi connectivity index (χ4v) is 3.20. The molecule has 0 aliphatic carbocycles. The van der Waals surface area contributed by atoms with Crippen molar-refractivity contribution in [3.05, 3.63) is 35.9 Å². The molecule has 0 bridgehead atoms. The van der Waals surface area contributed by atoms with Crippen molar-refractivity contribution in [3.8, 4) is 0 Å². The first-order valence-corrected chi connectivity index (χ1v) is 6.84. The highest BCUT2D eigenvalue weighted by Gasteiger charge is 2.32. The van der Waals surface area contributed by atoms with E-state index in [1.54, 1.807) is 0 Å². The van der Waals surface area contributed by atoms with Crippen molar-refractivity contribution in [3.63, 3.8) is 0 Å². The highest BCUT2D eigenvalue weighted by atomic mass is 16.5. The maximum Gasteiger partial charge on any atom is 0.0468 e. The summed E-state index contributed by atoms with van der Waals surface area (Å²) >= 11 is 0. The predicted octanol–water partition coefficient (Wildman–Crippen LogP) is 2.40. The molecule has 1 fully saturated rings. The fourth-order valence-electron chi connectivity index (χ4n) is 3.20. The van der Waals surface area contributed by atoms with Gasteiger partial charge in [-0.2, -0.15) is 5.10 Å². The van der Waals surface area contributed by atoms with Crippen molar-refractivity contribution in [2.24, 2.45) is 16.9 Å². The van der Waals surface area contributed by atoms with E-state index in [4.69, 9.17) is 4.74 Å². The normalized spacial score (nSPS) is 25.9. The first-order valence-electron chi connectivity index (χ1n) is 6.84. The molecule has 18 heavy (non-hydrogen) atoms. The Hall–Kier alpha value is -1.35.